The molecule has 19 heavy (non-hydrogen) atoms. The molecule has 0 fully saturated rings. The van der Waals surface area contributed by atoms with E-state index in [1.807, 2.05) is 13.8 Å². The van der Waals surface area contributed by atoms with E-state index < -0.39 is 0 Å². The van der Waals surface area contributed by atoms with Crippen LogP contribution in [0.1, 0.15) is 29.6 Å². The molecule has 6 heteroatoms. The Bertz CT molecular complexity index is 633. The van der Waals surface area contributed by atoms with Gasteiger partial charge in [0.25, 0.3) is 5.56 Å². The zero-order valence-electron chi connectivity index (χ0n) is 11.1. The smallest absolute Gasteiger partial charge is 0.283 e. The Labute approximate surface area is 124 Å². The van der Waals surface area contributed by atoms with Crippen LogP contribution in [-0.2, 0) is 6.54 Å². The van der Waals surface area contributed by atoms with Crippen LogP contribution in [0.5, 0.6) is 0 Å². The average Bonchev–Trinajstić information content (AvgIpc) is 2.76. The van der Waals surface area contributed by atoms with Crippen molar-refractivity contribution in [2.75, 3.05) is 5.32 Å². The fourth-order valence-corrected chi connectivity index (χ4v) is 2.95. The van der Waals surface area contributed by atoms with Gasteiger partial charge in [0.1, 0.15) is 4.47 Å². The van der Waals surface area contributed by atoms with Crippen LogP contribution >= 0.6 is 27.3 Å². The van der Waals surface area contributed by atoms with E-state index >= 15 is 0 Å². The molecule has 2 aromatic heterocycles. The van der Waals surface area contributed by atoms with Gasteiger partial charge in [-0.3, -0.25) is 4.79 Å². The van der Waals surface area contributed by atoms with Crippen LogP contribution < -0.4 is 10.9 Å². The topological polar surface area (TPSA) is 46.9 Å². The van der Waals surface area contributed by atoms with E-state index in [1.165, 1.54) is 14.4 Å². The highest BCUT2D eigenvalue weighted by molar-refractivity contribution is 9.10. The van der Waals surface area contributed by atoms with E-state index in [9.17, 15) is 4.79 Å². The van der Waals surface area contributed by atoms with Gasteiger partial charge in [-0.05, 0) is 48.8 Å². The van der Waals surface area contributed by atoms with Crippen LogP contribution in [0.25, 0.3) is 0 Å². The quantitative estimate of drug-likeness (QED) is 0.924. The molecule has 0 aromatic carbocycles. The van der Waals surface area contributed by atoms with E-state index in [0.717, 1.165) is 5.69 Å². The monoisotopic (exact) mass is 341 g/mol. The summed E-state index contributed by atoms with van der Waals surface area (Å²) in [5, 5.41) is 7.41. The summed E-state index contributed by atoms with van der Waals surface area (Å²) >= 11 is 5.09. The van der Waals surface area contributed by atoms with Gasteiger partial charge in [0.2, 0.25) is 0 Å². The largest absolute Gasteiger partial charge is 0.378 e. The summed E-state index contributed by atoms with van der Waals surface area (Å²) in [7, 11) is 0. The van der Waals surface area contributed by atoms with E-state index in [-0.39, 0.29) is 11.6 Å². The molecule has 2 rings (SSSR count). The number of rotatable bonds is 4. The van der Waals surface area contributed by atoms with Crippen LogP contribution in [0.4, 0.5) is 5.69 Å². The van der Waals surface area contributed by atoms with Crippen molar-refractivity contribution in [1.82, 2.24) is 9.78 Å². The van der Waals surface area contributed by atoms with Crippen molar-refractivity contribution in [2.45, 2.75) is 33.4 Å². The van der Waals surface area contributed by atoms with Crippen LogP contribution in [0, 0.1) is 6.92 Å². The highest BCUT2D eigenvalue weighted by atomic mass is 79.9. The summed E-state index contributed by atoms with van der Waals surface area (Å²) in [5.74, 6) is 0. The molecule has 0 radical (unpaired) electrons. The van der Waals surface area contributed by atoms with Crippen molar-refractivity contribution in [2.24, 2.45) is 0 Å². The second-order valence-corrected chi connectivity index (χ2v) is 6.75. The molecule has 0 saturated carbocycles. The van der Waals surface area contributed by atoms with Gasteiger partial charge in [-0.15, -0.1) is 11.3 Å². The average molecular weight is 342 g/mol. The number of anilines is 1. The van der Waals surface area contributed by atoms with Gasteiger partial charge in [0, 0.05) is 16.3 Å². The van der Waals surface area contributed by atoms with Crippen molar-refractivity contribution in [3.63, 3.8) is 0 Å². The number of nitrogens with one attached hydrogen (secondary N) is 1. The van der Waals surface area contributed by atoms with E-state index in [2.05, 4.69) is 45.4 Å². The number of halogens is 1. The lowest BCUT2D eigenvalue weighted by atomic mass is 10.3. The number of aromatic nitrogens is 2. The first kappa shape index (κ1) is 14.3. The summed E-state index contributed by atoms with van der Waals surface area (Å²) < 4.78 is 1.99. The van der Waals surface area contributed by atoms with Crippen LogP contribution in [-0.4, -0.2) is 9.78 Å². The standard InChI is InChI=1S/C13H16BrN3OS/c1-8(2)17-13(18)12(14)11(7-16-17)15-6-10-5-4-9(3)19-10/h4-5,7-8,15H,6H2,1-3H3. The molecule has 0 bridgehead atoms. The molecular formula is C13H16BrN3OS. The Hall–Kier alpha value is -1.14. The third-order valence-corrected chi connectivity index (χ3v) is 4.45. The number of nitrogens with zero attached hydrogens (tertiary/aromatic N) is 2. The number of hydrogen-bond acceptors (Lipinski definition) is 4. The first-order valence-electron chi connectivity index (χ1n) is 6.05. The predicted molar refractivity (Wildman–Crippen MR) is 83.0 cm³/mol. The highest BCUT2D eigenvalue weighted by Crippen LogP contribution is 2.20. The molecule has 0 atom stereocenters. The maximum atomic E-state index is 12.1. The minimum atomic E-state index is -0.109. The summed E-state index contributed by atoms with van der Waals surface area (Å²) in [4.78, 5) is 14.6. The lowest BCUT2D eigenvalue weighted by molar-refractivity contribution is 0.501. The Balaban J connectivity index is 2.18. The van der Waals surface area contributed by atoms with Gasteiger partial charge in [-0.1, -0.05) is 0 Å². The molecule has 1 N–H and O–H groups in total. The van der Waals surface area contributed by atoms with E-state index in [4.69, 9.17) is 0 Å². The first-order chi connectivity index (χ1) is 8.99. The fraction of sp³-hybridized carbons (Fsp3) is 0.385. The van der Waals surface area contributed by atoms with Gasteiger partial charge in [-0.2, -0.15) is 5.10 Å². The Morgan fingerprint density at radius 1 is 1.47 bits per heavy atom. The summed E-state index contributed by atoms with van der Waals surface area (Å²) in [6, 6.07) is 4.23. The van der Waals surface area contributed by atoms with Crippen molar-refractivity contribution in [3.05, 3.63) is 42.9 Å². The predicted octanol–water partition coefficient (Wildman–Crippen LogP) is 3.57. The zero-order valence-corrected chi connectivity index (χ0v) is 13.5. The molecule has 0 spiro atoms. The molecule has 0 unspecified atom stereocenters. The number of thiophene rings is 1. The number of hydrogen-bond donors (Lipinski definition) is 1. The molecule has 0 saturated heterocycles. The van der Waals surface area contributed by atoms with Gasteiger partial charge < -0.3 is 5.32 Å². The van der Waals surface area contributed by atoms with Gasteiger partial charge in [0.15, 0.2) is 0 Å². The minimum absolute atomic E-state index is 0.0535. The second kappa shape index (κ2) is 5.88. The molecule has 2 heterocycles. The summed E-state index contributed by atoms with van der Waals surface area (Å²) in [5.41, 5.74) is 0.621. The maximum Gasteiger partial charge on any atom is 0.283 e. The van der Waals surface area contributed by atoms with Crippen LogP contribution in [0.3, 0.4) is 0 Å². The zero-order chi connectivity index (χ0) is 14.0. The van der Waals surface area contributed by atoms with Crippen LogP contribution in [0.2, 0.25) is 0 Å². The van der Waals surface area contributed by atoms with Gasteiger partial charge in [-0.25, -0.2) is 4.68 Å². The van der Waals surface area contributed by atoms with Crippen molar-refractivity contribution >= 4 is 33.0 Å². The molecular weight excluding hydrogens is 326 g/mol. The molecule has 2 aromatic rings. The lowest BCUT2D eigenvalue weighted by Gasteiger charge is -2.12. The first-order valence-corrected chi connectivity index (χ1v) is 7.66. The molecule has 0 amide bonds. The fourth-order valence-electron chi connectivity index (χ4n) is 1.70. The van der Waals surface area contributed by atoms with E-state index in [1.54, 1.807) is 17.5 Å². The molecule has 0 aliphatic heterocycles. The Morgan fingerprint density at radius 2 is 2.21 bits per heavy atom. The van der Waals surface area contributed by atoms with Crippen molar-refractivity contribution in [3.8, 4) is 0 Å². The SMILES string of the molecule is Cc1ccc(CNc2cnn(C(C)C)c(=O)c2Br)s1. The van der Waals surface area contributed by atoms with Crippen LogP contribution in [0.15, 0.2) is 27.6 Å². The molecule has 0 aliphatic rings. The van der Waals surface area contributed by atoms with Crippen molar-refractivity contribution < 1.29 is 0 Å². The third-order valence-electron chi connectivity index (χ3n) is 2.68. The third kappa shape index (κ3) is 3.25. The van der Waals surface area contributed by atoms with Gasteiger partial charge >= 0.3 is 0 Å². The minimum Gasteiger partial charge on any atom is -0.378 e. The second-order valence-electron chi connectivity index (χ2n) is 4.58. The summed E-state index contributed by atoms with van der Waals surface area (Å²) in [6.07, 6.45) is 1.69. The Kier molecular flexibility index (Phi) is 4.42. The highest BCUT2D eigenvalue weighted by Gasteiger charge is 2.10. The lowest BCUT2D eigenvalue weighted by Crippen LogP contribution is -2.25. The molecule has 102 valence electrons. The number of aryl methyl sites for hydroxylation is 1. The normalized spacial score (nSPS) is 11.0. The Morgan fingerprint density at radius 3 is 2.79 bits per heavy atom. The van der Waals surface area contributed by atoms with Crippen molar-refractivity contribution in [1.29, 1.82) is 0 Å². The maximum absolute atomic E-state index is 12.1. The summed E-state index contributed by atoms with van der Waals surface area (Å²) in [6.45, 7) is 6.64. The molecule has 4 nitrogen and oxygen atoms in total. The van der Waals surface area contributed by atoms with E-state index in [0.29, 0.717) is 11.0 Å². The molecule has 0 aliphatic carbocycles. The van der Waals surface area contributed by atoms with Gasteiger partial charge in [0.05, 0.1) is 17.9 Å².